The molecule has 1 aromatic carbocycles. The number of hydrogen-bond acceptors (Lipinski definition) is 14. The SMILES string of the molecule is CCOC(=O)c1sc(-c2ccc(-c3ccc(-c4cc5cc6sc(-c7ccc(-c8ccc(-c9nc(C(F)(F)F)c(C(=O)OCC)s9)s8)s7)cc6cc5s4)s3)s2)nc1C. The third kappa shape index (κ3) is 7.44. The number of benzene rings is 1. The highest BCUT2D eigenvalue weighted by atomic mass is 32.1. The monoisotopic (exact) mass is 910 g/mol. The standard InChI is InChI=1S/C40H25F3N2O4S8/c1-4-48-38(46)33-18(3)44-36(56-33)27-12-10-23(52-27)21-6-8-25(50-21)31-16-19-14-30-20(15-29(19)54-31)17-32(55-30)26-9-7-22(51-26)24-11-13-28(53-24)37-45-35(40(41,42)43)34(57-37)39(47)49-5-2/h6-17H,4-5H2,1-3H3. The van der Waals surface area contributed by atoms with Gasteiger partial charge in [-0.25, -0.2) is 19.6 Å². The molecule has 0 spiro atoms. The van der Waals surface area contributed by atoms with Crippen LogP contribution < -0.4 is 0 Å². The van der Waals surface area contributed by atoms with E-state index in [1.54, 1.807) is 76.6 Å². The molecule has 6 nitrogen and oxygen atoms in total. The molecular formula is C40H25F3N2O4S8. The third-order valence-corrected chi connectivity index (χ3v) is 18.4. The Kier molecular flexibility index (Phi) is 10.3. The first-order chi connectivity index (χ1) is 27.4. The molecule has 9 aromatic rings. The molecule has 9 rings (SSSR count). The number of thiazole rings is 2. The smallest absolute Gasteiger partial charge is 0.435 e. The zero-order valence-corrected chi connectivity index (χ0v) is 36.3. The molecule has 0 saturated carbocycles. The minimum absolute atomic E-state index is 0.0270. The molecule has 0 atom stereocenters. The third-order valence-electron chi connectivity index (χ3n) is 8.59. The van der Waals surface area contributed by atoms with Crippen molar-refractivity contribution in [2.45, 2.75) is 26.9 Å². The van der Waals surface area contributed by atoms with Crippen LogP contribution in [0.5, 0.6) is 0 Å². The quantitative estimate of drug-likeness (QED) is 0.127. The summed E-state index contributed by atoms with van der Waals surface area (Å²) in [6.45, 7) is 5.49. The van der Waals surface area contributed by atoms with Crippen LogP contribution in [0.1, 0.15) is 44.6 Å². The predicted molar refractivity (Wildman–Crippen MR) is 234 cm³/mol. The van der Waals surface area contributed by atoms with Gasteiger partial charge >= 0.3 is 18.1 Å². The van der Waals surface area contributed by atoms with Crippen molar-refractivity contribution in [3.05, 3.63) is 93.9 Å². The maximum atomic E-state index is 13.7. The van der Waals surface area contributed by atoms with Crippen LogP contribution in [0.15, 0.2) is 72.8 Å². The van der Waals surface area contributed by atoms with E-state index < -0.39 is 22.7 Å². The first-order valence-corrected chi connectivity index (χ1v) is 23.8. The number of aryl methyl sites for hydroxylation is 1. The van der Waals surface area contributed by atoms with E-state index in [0.29, 0.717) is 33.4 Å². The van der Waals surface area contributed by atoms with Gasteiger partial charge in [-0.05, 0) is 104 Å². The summed E-state index contributed by atoms with van der Waals surface area (Å²) in [5.41, 5.74) is -0.524. The van der Waals surface area contributed by atoms with E-state index in [2.05, 4.69) is 64.6 Å². The number of nitrogens with zero attached hydrogens (tertiary/aromatic N) is 2. The lowest BCUT2D eigenvalue weighted by Gasteiger charge is -2.05. The number of hydrogen-bond donors (Lipinski definition) is 0. The summed E-state index contributed by atoms with van der Waals surface area (Å²) in [5.74, 6) is -1.35. The van der Waals surface area contributed by atoms with E-state index >= 15 is 0 Å². The first kappa shape index (κ1) is 38.4. The number of esters is 2. The van der Waals surface area contributed by atoms with Crippen LogP contribution >= 0.6 is 90.7 Å². The number of carbonyl (C=O) groups excluding carboxylic acids is 2. The molecule has 0 aliphatic carbocycles. The van der Waals surface area contributed by atoms with Crippen molar-refractivity contribution in [3.63, 3.8) is 0 Å². The second-order valence-corrected chi connectivity index (χ2v) is 20.9. The molecule has 288 valence electrons. The molecule has 0 fully saturated rings. The zero-order chi connectivity index (χ0) is 39.6. The highest BCUT2D eigenvalue weighted by molar-refractivity contribution is 7.31. The van der Waals surface area contributed by atoms with Gasteiger partial charge in [-0.1, -0.05) is 0 Å². The topological polar surface area (TPSA) is 78.4 Å². The van der Waals surface area contributed by atoms with Gasteiger partial charge < -0.3 is 9.47 Å². The van der Waals surface area contributed by atoms with Gasteiger partial charge in [0.1, 0.15) is 19.8 Å². The fraction of sp³-hybridized carbons (Fsp3) is 0.150. The van der Waals surface area contributed by atoms with Crippen LogP contribution in [-0.4, -0.2) is 35.1 Å². The summed E-state index contributed by atoms with van der Waals surface area (Å²) >= 11 is 12.0. The van der Waals surface area contributed by atoms with Gasteiger partial charge in [0.15, 0.2) is 5.69 Å². The zero-order valence-electron chi connectivity index (χ0n) is 29.8. The number of alkyl halides is 3. The number of carbonyl (C=O) groups is 2. The van der Waals surface area contributed by atoms with Gasteiger partial charge in [-0.3, -0.25) is 0 Å². The number of halogens is 3. The van der Waals surface area contributed by atoms with E-state index in [4.69, 9.17) is 9.47 Å². The Morgan fingerprint density at radius 3 is 1.37 bits per heavy atom. The molecular weight excluding hydrogens is 886 g/mol. The highest BCUT2D eigenvalue weighted by Gasteiger charge is 2.40. The van der Waals surface area contributed by atoms with E-state index in [1.807, 2.05) is 19.1 Å². The van der Waals surface area contributed by atoms with Crippen molar-refractivity contribution in [3.8, 4) is 58.8 Å². The number of fused-ring (bicyclic) bond motifs is 2. The van der Waals surface area contributed by atoms with Gasteiger partial charge in [0.05, 0.1) is 28.7 Å². The van der Waals surface area contributed by atoms with Crippen molar-refractivity contribution >= 4 is 123 Å². The van der Waals surface area contributed by atoms with Crippen molar-refractivity contribution < 1.29 is 32.2 Å². The number of thiophene rings is 6. The number of rotatable bonds is 10. The van der Waals surface area contributed by atoms with Crippen LogP contribution in [0.3, 0.4) is 0 Å². The maximum absolute atomic E-state index is 13.7. The first-order valence-electron chi connectivity index (χ1n) is 17.2. The summed E-state index contributed by atoms with van der Waals surface area (Å²) in [4.78, 5) is 43.6. The molecule has 0 saturated heterocycles. The average molecular weight is 911 g/mol. The van der Waals surface area contributed by atoms with Gasteiger partial charge in [0, 0.05) is 48.4 Å². The van der Waals surface area contributed by atoms with Crippen LogP contribution in [0.25, 0.3) is 79.0 Å². The van der Waals surface area contributed by atoms with Crippen molar-refractivity contribution in [1.29, 1.82) is 0 Å². The second-order valence-electron chi connectivity index (χ2n) is 12.4. The van der Waals surface area contributed by atoms with Crippen LogP contribution in [0.4, 0.5) is 13.2 Å². The summed E-state index contributed by atoms with van der Waals surface area (Å²) in [6, 6.07) is 25.3. The Hall–Kier alpha value is -4.07. The minimum Gasteiger partial charge on any atom is -0.462 e. The molecule has 0 amide bonds. The molecule has 0 bridgehead atoms. The Balaban J connectivity index is 0.923. The summed E-state index contributed by atoms with van der Waals surface area (Å²) in [5, 5.41) is 3.33. The molecule has 17 heteroatoms. The van der Waals surface area contributed by atoms with Crippen LogP contribution in [0.2, 0.25) is 0 Å². The Bertz CT molecular complexity index is 2920. The van der Waals surface area contributed by atoms with E-state index in [0.717, 1.165) is 34.3 Å². The fourth-order valence-corrected chi connectivity index (χ4v) is 14.6. The second kappa shape index (κ2) is 15.3. The Labute approximate surface area is 355 Å². The number of ether oxygens (including phenoxy) is 2. The van der Waals surface area contributed by atoms with Gasteiger partial charge in [0.2, 0.25) is 0 Å². The van der Waals surface area contributed by atoms with E-state index in [-0.39, 0.29) is 17.6 Å². The maximum Gasteiger partial charge on any atom is 0.435 e. The molecule has 0 radical (unpaired) electrons. The van der Waals surface area contributed by atoms with Crippen molar-refractivity contribution in [2.75, 3.05) is 13.2 Å². The largest absolute Gasteiger partial charge is 0.462 e. The lowest BCUT2D eigenvalue weighted by atomic mass is 10.2. The summed E-state index contributed by atoms with van der Waals surface area (Å²) in [7, 11) is 0. The van der Waals surface area contributed by atoms with E-state index in [1.165, 1.54) is 57.5 Å². The molecule has 0 N–H and O–H groups in total. The van der Waals surface area contributed by atoms with E-state index in [9.17, 15) is 22.8 Å². The lowest BCUT2D eigenvalue weighted by Crippen LogP contribution is -2.13. The number of aromatic nitrogens is 2. The summed E-state index contributed by atoms with van der Waals surface area (Å²) < 4.78 is 53.6. The van der Waals surface area contributed by atoms with Crippen LogP contribution in [-0.2, 0) is 15.7 Å². The van der Waals surface area contributed by atoms with Gasteiger partial charge in [0.25, 0.3) is 0 Å². The lowest BCUT2D eigenvalue weighted by molar-refractivity contribution is -0.141. The molecule has 0 aliphatic heterocycles. The normalized spacial score (nSPS) is 12.0. The Morgan fingerprint density at radius 1 is 0.526 bits per heavy atom. The van der Waals surface area contributed by atoms with Gasteiger partial charge in [-0.2, -0.15) is 13.2 Å². The minimum atomic E-state index is -4.77. The molecule has 57 heavy (non-hydrogen) atoms. The Morgan fingerprint density at radius 2 is 0.912 bits per heavy atom. The van der Waals surface area contributed by atoms with Crippen molar-refractivity contribution in [2.24, 2.45) is 0 Å². The molecule has 0 unspecified atom stereocenters. The molecule has 0 aliphatic rings. The van der Waals surface area contributed by atoms with Crippen molar-refractivity contribution in [1.82, 2.24) is 9.97 Å². The van der Waals surface area contributed by atoms with Gasteiger partial charge in [-0.15, -0.1) is 90.7 Å². The predicted octanol–water partition coefficient (Wildman–Crippen LogP) is 15.0. The highest BCUT2D eigenvalue weighted by Crippen LogP contribution is 2.48. The molecule has 8 heterocycles. The summed E-state index contributed by atoms with van der Waals surface area (Å²) in [6.07, 6.45) is -4.77. The fourth-order valence-electron chi connectivity index (χ4n) is 6.03. The average Bonchev–Trinajstić information content (AvgIpc) is 4.02. The molecule has 8 aromatic heterocycles. The van der Waals surface area contributed by atoms with Crippen LogP contribution in [0, 0.1) is 6.92 Å².